The largest absolute Gasteiger partial charge is 0.493 e. The number of ether oxygens (including phenoxy) is 1. The van der Waals surface area contributed by atoms with E-state index in [0.29, 0.717) is 6.04 Å². The van der Waals surface area contributed by atoms with Crippen LogP contribution in [0.1, 0.15) is 37.8 Å². The third kappa shape index (κ3) is 2.51. The van der Waals surface area contributed by atoms with E-state index in [0.717, 1.165) is 25.3 Å². The lowest BCUT2D eigenvalue weighted by molar-refractivity contribution is 0.311. The highest BCUT2D eigenvalue weighted by atomic mass is 16.5. The Morgan fingerprint density at radius 2 is 2.27 bits per heavy atom. The molecule has 1 aromatic rings. The van der Waals surface area contributed by atoms with Gasteiger partial charge in [-0.25, -0.2) is 0 Å². The molecule has 0 bridgehead atoms. The summed E-state index contributed by atoms with van der Waals surface area (Å²) in [5.41, 5.74) is 1.32. The van der Waals surface area contributed by atoms with Gasteiger partial charge in [-0.15, -0.1) is 0 Å². The molecule has 1 atom stereocenters. The highest BCUT2D eigenvalue weighted by Gasteiger charge is 2.19. The zero-order valence-corrected chi connectivity index (χ0v) is 9.33. The van der Waals surface area contributed by atoms with Gasteiger partial charge in [-0.3, -0.25) is 0 Å². The van der Waals surface area contributed by atoms with Crippen molar-refractivity contribution in [2.45, 2.75) is 32.2 Å². The molecular weight excluding hydrogens is 186 g/mol. The number of nitrogens with one attached hydrogen (secondary N) is 1. The molecule has 1 N–H and O–H groups in total. The van der Waals surface area contributed by atoms with Crippen molar-refractivity contribution in [3.8, 4) is 5.75 Å². The zero-order chi connectivity index (χ0) is 10.5. The quantitative estimate of drug-likeness (QED) is 0.816. The van der Waals surface area contributed by atoms with Crippen molar-refractivity contribution < 1.29 is 4.74 Å². The van der Waals surface area contributed by atoms with E-state index in [4.69, 9.17) is 4.74 Å². The monoisotopic (exact) mass is 205 g/mol. The molecule has 1 unspecified atom stereocenters. The van der Waals surface area contributed by atoms with Crippen molar-refractivity contribution in [3.63, 3.8) is 0 Å². The smallest absolute Gasteiger partial charge is 0.124 e. The van der Waals surface area contributed by atoms with E-state index in [2.05, 4.69) is 30.4 Å². The van der Waals surface area contributed by atoms with Crippen LogP contribution in [0.25, 0.3) is 0 Å². The second kappa shape index (κ2) is 5.17. The van der Waals surface area contributed by atoms with Gasteiger partial charge in [0.05, 0.1) is 6.61 Å². The second-order valence-corrected chi connectivity index (χ2v) is 4.04. The average molecular weight is 205 g/mol. The maximum absolute atomic E-state index is 5.76. The molecule has 1 aromatic carbocycles. The normalized spacial score (nSPS) is 20.5. The zero-order valence-electron chi connectivity index (χ0n) is 9.33. The summed E-state index contributed by atoms with van der Waals surface area (Å²) >= 11 is 0. The van der Waals surface area contributed by atoms with Crippen LogP contribution in [0.2, 0.25) is 0 Å². The molecule has 82 valence electrons. The number of hydrogen-bond donors (Lipinski definition) is 1. The van der Waals surface area contributed by atoms with Gasteiger partial charge in [-0.2, -0.15) is 0 Å². The number of hydrogen-bond acceptors (Lipinski definition) is 2. The molecule has 0 spiro atoms. The van der Waals surface area contributed by atoms with Crippen LogP contribution in [0.15, 0.2) is 24.3 Å². The SMILES string of the molecule is CCCOc1ccccc1C1CCCN1. The van der Waals surface area contributed by atoms with E-state index >= 15 is 0 Å². The molecule has 1 saturated heterocycles. The maximum Gasteiger partial charge on any atom is 0.124 e. The van der Waals surface area contributed by atoms with E-state index in [1.807, 2.05) is 6.07 Å². The first kappa shape index (κ1) is 10.5. The summed E-state index contributed by atoms with van der Waals surface area (Å²) in [5, 5.41) is 3.51. The highest BCUT2D eigenvalue weighted by Crippen LogP contribution is 2.30. The lowest BCUT2D eigenvalue weighted by Crippen LogP contribution is -2.14. The maximum atomic E-state index is 5.76. The van der Waals surface area contributed by atoms with Gasteiger partial charge in [0.2, 0.25) is 0 Å². The van der Waals surface area contributed by atoms with Crippen molar-refractivity contribution in [1.29, 1.82) is 0 Å². The summed E-state index contributed by atoms with van der Waals surface area (Å²) in [4.78, 5) is 0. The lowest BCUT2D eigenvalue weighted by Gasteiger charge is -2.16. The molecule has 0 radical (unpaired) electrons. The minimum absolute atomic E-state index is 0.498. The van der Waals surface area contributed by atoms with E-state index in [9.17, 15) is 0 Å². The molecule has 0 aromatic heterocycles. The number of rotatable bonds is 4. The summed E-state index contributed by atoms with van der Waals surface area (Å²) in [6, 6.07) is 8.88. The summed E-state index contributed by atoms with van der Waals surface area (Å²) in [5.74, 6) is 1.05. The summed E-state index contributed by atoms with van der Waals surface area (Å²) in [6.07, 6.45) is 3.56. The highest BCUT2D eigenvalue weighted by molar-refractivity contribution is 5.36. The van der Waals surface area contributed by atoms with Crippen LogP contribution in [-0.4, -0.2) is 13.2 Å². The summed E-state index contributed by atoms with van der Waals surface area (Å²) < 4.78 is 5.76. The van der Waals surface area contributed by atoms with Crippen LogP contribution in [-0.2, 0) is 0 Å². The molecule has 2 heteroatoms. The fraction of sp³-hybridized carbons (Fsp3) is 0.538. The molecular formula is C13H19NO. The Kier molecular flexibility index (Phi) is 3.62. The van der Waals surface area contributed by atoms with Crippen LogP contribution < -0.4 is 10.1 Å². The predicted octanol–water partition coefficient (Wildman–Crippen LogP) is 2.90. The number of benzene rings is 1. The first-order valence-electron chi connectivity index (χ1n) is 5.87. The second-order valence-electron chi connectivity index (χ2n) is 4.04. The minimum atomic E-state index is 0.498. The molecule has 0 aliphatic carbocycles. The predicted molar refractivity (Wildman–Crippen MR) is 62.2 cm³/mol. The van der Waals surface area contributed by atoms with Gasteiger partial charge in [0.1, 0.15) is 5.75 Å². The molecule has 1 heterocycles. The Morgan fingerprint density at radius 1 is 1.40 bits per heavy atom. The fourth-order valence-corrected chi connectivity index (χ4v) is 2.06. The van der Waals surface area contributed by atoms with Crippen molar-refractivity contribution >= 4 is 0 Å². The van der Waals surface area contributed by atoms with E-state index in [1.54, 1.807) is 0 Å². The molecule has 0 saturated carbocycles. The Balaban J connectivity index is 2.13. The van der Waals surface area contributed by atoms with E-state index < -0.39 is 0 Å². The molecule has 2 nitrogen and oxygen atoms in total. The van der Waals surface area contributed by atoms with Gasteiger partial charge in [0.15, 0.2) is 0 Å². The summed E-state index contributed by atoms with van der Waals surface area (Å²) in [6.45, 7) is 4.08. The first-order chi connectivity index (χ1) is 7.42. The van der Waals surface area contributed by atoms with Gasteiger partial charge >= 0.3 is 0 Å². The topological polar surface area (TPSA) is 21.3 Å². The molecule has 2 rings (SSSR count). The van der Waals surface area contributed by atoms with Gasteiger partial charge in [-0.1, -0.05) is 25.1 Å². The van der Waals surface area contributed by atoms with Gasteiger partial charge in [-0.05, 0) is 31.9 Å². The fourth-order valence-electron chi connectivity index (χ4n) is 2.06. The number of para-hydroxylation sites is 1. The standard InChI is InChI=1S/C13H19NO/c1-2-10-15-13-8-4-3-6-11(13)12-7-5-9-14-12/h3-4,6,8,12,14H,2,5,7,9-10H2,1H3. The van der Waals surface area contributed by atoms with E-state index in [-0.39, 0.29) is 0 Å². The van der Waals surface area contributed by atoms with E-state index in [1.165, 1.54) is 18.4 Å². The Labute approximate surface area is 91.6 Å². The summed E-state index contributed by atoms with van der Waals surface area (Å²) in [7, 11) is 0. The van der Waals surface area contributed by atoms with Crippen LogP contribution in [0.3, 0.4) is 0 Å². The third-order valence-electron chi connectivity index (χ3n) is 2.82. The van der Waals surface area contributed by atoms with Crippen LogP contribution in [0.5, 0.6) is 5.75 Å². The molecule has 1 aliphatic heterocycles. The van der Waals surface area contributed by atoms with Crippen molar-refractivity contribution in [2.24, 2.45) is 0 Å². The molecule has 1 fully saturated rings. The van der Waals surface area contributed by atoms with Gasteiger partial charge < -0.3 is 10.1 Å². The van der Waals surface area contributed by atoms with Gasteiger partial charge in [0.25, 0.3) is 0 Å². The van der Waals surface area contributed by atoms with Crippen molar-refractivity contribution in [1.82, 2.24) is 5.32 Å². The van der Waals surface area contributed by atoms with Crippen molar-refractivity contribution in [2.75, 3.05) is 13.2 Å². The Morgan fingerprint density at radius 3 is 3.00 bits per heavy atom. The van der Waals surface area contributed by atoms with Crippen LogP contribution in [0.4, 0.5) is 0 Å². The minimum Gasteiger partial charge on any atom is -0.493 e. The van der Waals surface area contributed by atoms with Crippen LogP contribution >= 0.6 is 0 Å². The lowest BCUT2D eigenvalue weighted by atomic mass is 10.0. The molecule has 15 heavy (non-hydrogen) atoms. The van der Waals surface area contributed by atoms with Crippen LogP contribution in [0, 0.1) is 0 Å². The Bertz CT molecular complexity index is 305. The molecule has 0 amide bonds. The molecule has 1 aliphatic rings. The van der Waals surface area contributed by atoms with Gasteiger partial charge in [0, 0.05) is 11.6 Å². The average Bonchev–Trinajstić information content (AvgIpc) is 2.80. The van der Waals surface area contributed by atoms with Crippen molar-refractivity contribution in [3.05, 3.63) is 29.8 Å². The first-order valence-corrected chi connectivity index (χ1v) is 5.87. The Hall–Kier alpha value is -1.02. The third-order valence-corrected chi connectivity index (χ3v) is 2.82.